The molecular formula is C17H34IN5O. The number of aliphatic imine (C=N–C) groups is 1. The first-order chi connectivity index (χ1) is 11.0. The van der Waals surface area contributed by atoms with Crippen molar-refractivity contribution in [3.63, 3.8) is 0 Å². The molecule has 0 saturated heterocycles. The van der Waals surface area contributed by atoms with E-state index < -0.39 is 0 Å². The summed E-state index contributed by atoms with van der Waals surface area (Å²) in [6.45, 7) is 13.3. The van der Waals surface area contributed by atoms with E-state index in [-0.39, 0.29) is 24.0 Å². The fraction of sp³-hybridized carbons (Fsp3) is 0.824. The average molecular weight is 451 g/mol. The van der Waals surface area contributed by atoms with Gasteiger partial charge in [0.15, 0.2) is 11.8 Å². The van der Waals surface area contributed by atoms with Gasteiger partial charge in [-0.1, -0.05) is 32.9 Å². The monoisotopic (exact) mass is 451 g/mol. The van der Waals surface area contributed by atoms with E-state index in [1.54, 1.807) is 0 Å². The lowest BCUT2D eigenvalue weighted by molar-refractivity contribution is 0.369. The molecule has 0 aromatic carbocycles. The van der Waals surface area contributed by atoms with Crippen LogP contribution in [0.25, 0.3) is 0 Å². The van der Waals surface area contributed by atoms with Crippen LogP contribution in [0.2, 0.25) is 0 Å². The molecule has 0 unspecified atom stereocenters. The third-order valence-corrected chi connectivity index (χ3v) is 3.41. The SMILES string of the molecule is CCNC(=NCCCc1nc(C(C)C)no1)NCCCC(C)C.I. The van der Waals surface area contributed by atoms with Crippen LogP contribution in [0.5, 0.6) is 0 Å². The van der Waals surface area contributed by atoms with Crippen LogP contribution < -0.4 is 10.6 Å². The fourth-order valence-electron chi connectivity index (χ4n) is 2.08. The van der Waals surface area contributed by atoms with Gasteiger partial charge < -0.3 is 15.2 Å². The fourth-order valence-corrected chi connectivity index (χ4v) is 2.08. The van der Waals surface area contributed by atoms with Crippen molar-refractivity contribution >= 4 is 29.9 Å². The quantitative estimate of drug-likeness (QED) is 0.245. The number of guanidine groups is 1. The van der Waals surface area contributed by atoms with E-state index >= 15 is 0 Å². The predicted octanol–water partition coefficient (Wildman–Crippen LogP) is 3.73. The number of aromatic nitrogens is 2. The normalized spacial score (nSPS) is 11.7. The van der Waals surface area contributed by atoms with E-state index in [0.717, 1.165) is 50.2 Å². The van der Waals surface area contributed by atoms with Crippen molar-refractivity contribution in [2.75, 3.05) is 19.6 Å². The van der Waals surface area contributed by atoms with Gasteiger partial charge in [0.1, 0.15) is 0 Å². The largest absolute Gasteiger partial charge is 0.357 e. The minimum atomic E-state index is 0. The molecule has 6 nitrogen and oxygen atoms in total. The summed E-state index contributed by atoms with van der Waals surface area (Å²) >= 11 is 0. The van der Waals surface area contributed by atoms with E-state index in [1.165, 1.54) is 12.8 Å². The van der Waals surface area contributed by atoms with Crippen molar-refractivity contribution in [1.82, 2.24) is 20.8 Å². The summed E-state index contributed by atoms with van der Waals surface area (Å²) in [5.74, 6) is 3.44. The van der Waals surface area contributed by atoms with Crippen molar-refractivity contribution in [2.45, 2.75) is 66.2 Å². The summed E-state index contributed by atoms with van der Waals surface area (Å²) < 4.78 is 5.24. The third-order valence-electron chi connectivity index (χ3n) is 3.41. The number of aryl methyl sites for hydroxylation is 1. The number of nitrogens with zero attached hydrogens (tertiary/aromatic N) is 3. The maximum absolute atomic E-state index is 5.24. The maximum Gasteiger partial charge on any atom is 0.226 e. The molecule has 2 N–H and O–H groups in total. The van der Waals surface area contributed by atoms with Crippen LogP contribution in [0.1, 0.15) is 71.5 Å². The van der Waals surface area contributed by atoms with Crippen LogP contribution in [0, 0.1) is 5.92 Å². The van der Waals surface area contributed by atoms with Crippen LogP contribution in [0.15, 0.2) is 9.52 Å². The predicted molar refractivity (Wildman–Crippen MR) is 110 cm³/mol. The lowest BCUT2D eigenvalue weighted by atomic mass is 10.1. The number of hydrogen-bond donors (Lipinski definition) is 2. The second-order valence-electron chi connectivity index (χ2n) is 6.53. The molecular weight excluding hydrogens is 417 g/mol. The molecule has 0 fully saturated rings. The first-order valence-corrected chi connectivity index (χ1v) is 8.87. The van der Waals surface area contributed by atoms with Crippen LogP contribution in [-0.2, 0) is 6.42 Å². The highest BCUT2D eigenvalue weighted by atomic mass is 127. The Balaban J connectivity index is 0.00000529. The molecule has 0 bridgehead atoms. The van der Waals surface area contributed by atoms with Crippen LogP contribution in [0.4, 0.5) is 0 Å². The van der Waals surface area contributed by atoms with Gasteiger partial charge in [-0.15, -0.1) is 24.0 Å². The number of halogens is 1. The van der Waals surface area contributed by atoms with Gasteiger partial charge in [-0.25, -0.2) is 0 Å². The molecule has 1 heterocycles. The Morgan fingerprint density at radius 2 is 1.92 bits per heavy atom. The smallest absolute Gasteiger partial charge is 0.226 e. The topological polar surface area (TPSA) is 75.3 Å². The van der Waals surface area contributed by atoms with Gasteiger partial charge in [-0.2, -0.15) is 4.98 Å². The molecule has 1 rings (SSSR count). The van der Waals surface area contributed by atoms with E-state index in [2.05, 4.69) is 60.4 Å². The van der Waals surface area contributed by atoms with Crippen molar-refractivity contribution in [3.05, 3.63) is 11.7 Å². The molecule has 0 radical (unpaired) electrons. The molecule has 1 aromatic rings. The molecule has 7 heteroatoms. The Bertz CT molecular complexity index is 460. The number of hydrogen-bond acceptors (Lipinski definition) is 4. The summed E-state index contributed by atoms with van der Waals surface area (Å²) in [5, 5.41) is 10.6. The van der Waals surface area contributed by atoms with Crippen molar-refractivity contribution in [1.29, 1.82) is 0 Å². The molecule has 0 aliphatic carbocycles. The summed E-state index contributed by atoms with van der Waals surface area (Å²) in [7, 11) is 0. The van der Waals surface area contributed by atoms with Crippen molar-refractivity contribution in [2.24, 2.45) is 10.9 Å². The second-order valence-corrected chi connectivity index (χ2v) is 6.53. The lowest BCUT2D eigenvalue weighted by Gasteiger charge is -2.11. The van der Waals surface area contributed by atoms with E-state index in [4.69, 9.17) is 4.52 Å². The molecule has 0 spiro atoms. The van der Waals surface area contributed by atoms with Gasteiger partial charge in [0, 0.05) is 32.0 Å². The molecule has 0 aliphatic rings. The van der Waals surface area contributed by atoms with Crippen LogP contribution in [-0.4, -0.2) is 35.7 Å². The van der Waals surface area contributed by atoms with E-state index in [9.17, 15) is 0 Å². The summed E-state index contributed by atoms with van der Waals surface area (Å²) in [4.78, 5) is 8.97. The molecule has 140 valence electrons. The zero-order chi connectivity index (χ0) is 17.1. The van der Waals surface area contributed by atoms with Crippen LogP contribution >= 0.6 is 24.0 Å². The van der Waals surface area contributed by atoms with Gasteiger partial charge >= 0.3 is 0 Å². The summed E-state index contributed by atoms with van der Waals surface area (Å²) in [6.07, 6.45) is 4.09. The summed E-state index contributed by atoms with van der Waals surface area (Å²) in [6, 6.07) is 0. The zero-order valence-corrected chi connectivity index (χ0v) is 18.1. The van der Waals surface area contributed by atoms with Gasteiger partial charge in [-0.05, 0) is 32.1 Å². The molecule has 24 heavy (non-hydrogen) atoms. The first kappa shape index (κ1) is 23.1. The van der Waals surface area contributed by atoms with Gasteiger partial charge in [0.2, 0.25) is 5.89 Å². The second kappa shape index (κ2) is 13.4. The van der Waals surface area contributed by atoms with E-state index in [1.807, 2.05) is 0 Å². The maximum atomic E-state index is 5.24. The Hall–Kier alpha value is -0.860. The lowest BCUT2D eigenvalue weighted by Crippen LogP contribution is -2.38. The minimum Gasteiger partial charge on any atom is -0.357 e. The highest BCUT2D eigenvalue weighted by Gasteiger charge is 2.08. The first-order valence-electron chi connectivity index (χ1n) is 8.87. The number of nitrogens with one attached hydrogen (secondary N) is 2. The standard InChI is InChI=1S/C17H33N5O.HI/c1-6-18-17(19-11-7-9-13(2)3)20-12-8-10-15-21-16(14(4)5)22-23-15;/h13-14H,6-12H2,1-5H3,(H2,18,19,20);1H. The molecule has 0 amide bonds. The Morgan fingerprint density at radius 3 is 2.50 bits per heavy atom. The highest BCUT2D eigenvalue weighted by molar-refractivity contribution is 14.0. The Morgan fingerprint density at radius 1 is 1.17 bits per heavy atom. The highest BCUT2D eigenvalue weighted by Crippen LogP contribution is 2.10. The zero-order valence-electron chi connectivity index (χ0n) is 15.8. The van der Waals surface area contributed by atoms with Crippen molar-refractivity contribution in [3.8, 4) is 0 Å². The van der Waals surface area contributed by atoms with E-state index in [0.29, 0.717) is 11.8 Å². The minimum absolute atomic E-state index is 0. The van der Waals surface area contributed by atoms with Crippen molar-refractivity contribution < 1.29 is 4.52 Å². The molecule has 0 saturated carbocycles. The summed E-state index contributed by atoms with van der Waals surface area (Å²) in [5.41, 5.74) is 0. The molecule has 0 atom stereocenters. The van der Waals surface area contributed by atoms with Crippen LogP contribution in [0.3, 0.4) is 0 Å². The van der Waals surface area contributed by atoms with Gasteiger partial charge in [0.25, 0.3) is 0 Å². The molecule has 1 aromatic heterocycles. The Kier molecular flexibility index (Phi) is 13.0. The average Bonchev–Trinajstić information content (AvgIpc) is 2.96. The Labute approximate surface area is 163 Å². The number of rotatable bonds is 10. The molecule has 0 aliphatic heterocycles. The third kappa shape index (κ3) is 10.1. The van der Waals surface area contributed by atoms with Gasteiger partial charge in [0.05, 0.1) is 0 Å². The van der Waals surface area contributed by atoms with Gasteiger partial charge in [-0.3, -0.25) is 4.99 Å².